The molecule has 0 rings (SSSR count). The molecule has 0 spiro atoms. The molecule has 0 aromatic carbocycles. The van der Waals surface area contributed by atoms with E-state index in [2.05, 4.69) is 5.76 Å². The van der Waals surface area contributed by atoms with Gasteiger partial charge in [-0.1, -0.05) is 0 Å². The molecule has 2 nitrogen and oxygen atoms in total. The van der Waals surface area contributed by atoms with Gasteiger partial charge in [-0.05, 0) is 0 Å². The monoisotopic (exact) mass is 256 g/mol. The van der Waals surface area contributed by atoms with Crippen LogP contribution in [-0.4, -0.2) is 33.0 Å². The maximum atomic E-state index is 5.68. The summed E-state index contributed by atoms with van der Waals surface area (Å²) in [4.78, 5) is 0. The van der Waals surface area contributed by atoms with E-state index in [-0.39, 0.29) is 0 Å². The van der Waals surface area contributed by atoms with E-state index in [0.29, 0.717) is 5.88 Å². The molecule has 0 radical (unpaired) electrons. The molecule has 0 unspecified atom stereocenters. The van der Waals surface area contributed by atoms with Crippen molar-refractivity contribution < 1.29 is 7.53 Å². The molecular weight excluding hydrogens is 236 g/mol. The predicted molar refractivity (Wildman–Crippen MR) is 55.0 cm³/mol. The summed E-state index contributed by atoms with van der Waals surface area (Å²) in [6.45, 7) is 5.56. The van der Waals surface area contributed by atoms with E-state index >= 15 is 0 Å². The fourth-order valence-electron chi connectivity index (χ4n) is 1.18. The minimum atomic E-state index is -2.35. The summed E-state index contributed by atoms with van der Waals surface area (Å²) in [6.07, 6.45) is 1.01. The topological polar surface area (TPSA) is 18.5 Å². The van der Waals surface area contributed by atoms with Crippen LogP contribution in [0.15, 0.2) is 0 Å². The second kappa shape index (κ2) is 7.18. The molecule has 0 aliphatic heterocycles. The Morgan fingerprint density at radius 1 is 1.17 bits per heavy atom. The van der Waals surface area contributed by atoms with E-state index in [9.17, 15) is 0 Å². The normalized spacial score (nSPS) is 12.0. The average molecular weight is 255 g/mol. The van der Waals surface area contributed by atoms with Gasteiger partial charge in [-0.15, -0.1) is 0 Å². The summed E-state index contributed by atoms with van der Waals surface area (Å²) >= 11 is 3.27. The predicted octanol–water partition coefficient (Wildman–Crippen LogP) is 2.76. The zero-order chi connectivity index (χ0) is 9.45. The molecule has 0 aromatic rings. The molecule has 0 saturated heterocycles. The number of alkyl halides is 1. The van der Waals surface area contributed by atoms with Crippen LogP contribution in [0.3, 0.4) is 0 Å². The first-order valence-electron chi connectivity index (χ1n) is 4.52. The summed E-state index contributed by atoms with van der Waals surface area (Å²) in [6, 6.07) is 0. The molecule has 0 amide bonds. The van der Waals surface area contributed by atoms with Gasteiger partial charge in [0.25, 0.3) is 0 Å². The first-order chi connectivity index (χ1) is 5.68. The van der Waals surface area contributed by atoms with Gasteiger partial charge < -0.3 is 0 Å². The van der Waals surface area contributed by atoms with E-state index < -0.39 is 13.9 Å². The van der Waals surface area contributed by atoms with Crippen LogP contribution in [0, 0.1) is 0 Å². The summed E-state index contributed by atoms with van der Waals surface area (Å²) in [7, 11) is 0. The molecule has 12 heavy (non-hydrogen) atoms. The van der Waals surface area contributed by atoms with Gasteiger partial charge in [0.15, 0.2) is 0 Å². The van der Waals surface area contributed by atoms with E-state index in [1.807, 2.05) is 13.8 Å². The third kappa shape index (κ3) is 5.41. The summed E-state index contributed by atoms with van der Waals surface area (Å²) in [5.41, 5.74) is 0. The Balaban J connectivity index is 3.80. The van der Waals surface area contributed by atoms with Crippen LogP contribution < -0.4 is 0 Å². The number of rotatable bonds is 7. The van der Waals surface area contributed by atoms with Crippen molar-refractivity contribution in [1.29, 1.82) is 0 Å². The summed E-state index contributed by atoms with van der Waals surface area (Å²) < 4.78 is 11.4. The summed E-state index contributed by atoms with van der Waals surface area (Å²) in [5, 5.41) is 1.05. The van der Waals surface area contributed by atoms with Gasteiger partial charge in [-0.2, -0.15) is 0 Å². The fraction of sp³-hybridized carbons (Fsp3) is 1.00. The van der Waals surface area contributed by atoms with Gasteiger partial charge in [0.05, 0.1) is 0 Å². The third-order valence-electron chi connectivity index (χ3n) is 1.66. The Kier molecular flexibility index (Phi) is 7.64. The fourth-order valence-corrected chi connectivity index (χ4v) is 6.85. The van der Waals surface area contributed by atoms with Crippen LogP contribution in [-0.2, 0) is 7.53 Å². The molecule has 0 aromatic heterocycles. The Morgan fingerprint density at radius 3 is 2.00 bits per heavy atom. The molecule has 0 N–H and O–H groups in total. The van der Waals surface area contributed by atoms with Crippen LogP contribution in [0.4, 0.5) is 0 Å². The van der Waals surface area contributed by atoms with Gasteiger partial charge in [0, 0.05) is 0 Å². The Hall–Kier alpha value is 0.753. The molecule has 0 heterocycles. The third-order valence-corrected chi connectivity index (χ3v) is 8.35. The van der Waals surface area contributed by atoms with Crippen molar-refractivity contribution in [3.8, 4) is 0 Å². The molecule has 74 valence electrons. The molecule has 0 fully saturated rings. The van der Waals surface area contributed by atoms with Crippen molar-refractivity contribution >= 4 is 25.5 Å². The van der Waals surface area contributed by atoms with Gasteiger partial charge >= 0.3 is 83.4 Å². The van der Waals surface area contributed by atoms with Crippen LogP contribution >= 0.6 is 11.6 Å². The second-order valence-electron chi connectivity index (χ2n) is 2.79. The van der Waals surface area contributed by atoms with Crippen molar-refractivity contribution in [1.82, 2.24) is 0 Å². The van der Waals surface area contributed by atoms with Crippen molar-refractivity contribution in [2.75, 3.05) is 19.1 Å². The van der Waals surface area contributed by atoms with Gasteiger partial charge in [-0.3, -0.25) is 0 Å². The minimum absolute atomic E-state index is 0.709. The zero-order valence-electron chi connectivity index (χ0n) is 8.23. The van der Waals surface area contributed by atoms with Crippen LogP contribution in [0.2, 0.25) is 11.0 Å². The standard InChI is InChI=1S/C8H19ClGeO2/c1-4-11-10(3,12-5-2)8-6-7-9/h4-8H2,1-3H3. The zero-order valence-corrected chi connectivity index (χ0v) is 11.1. The first-order valence-corrected chi connectivity index (χ1v) is 10.3. The molecule has 0 aliphatic rings. The summed E-state index contributed by atoms with van der Waals surface area (Å²) in [5.74, 6) is 2.86. The van der Waals surface area contributed by atoms with Crippen LogP contribution in [0.5, 0.6) is 0 Å². The first kappa shape index (κ1) is 12.8. The van der Waals surface area contributed by atoms with Gasteiger partial charge in [-0.25, -0.2) is 0 Å². The average Bonchev–Trinajstić information content (AvgIpc) is 2.02. The SMILES string of the molecule is CC[O][Ge]([CH3])([CH2]CCCl)[O]CC. The second-order valence-corrected chi connectivity index (χ2v) is 10.2. The Labute approximate surface area is 83.6 Å². The molecule has 0 aliphatic carbocycles. The molecule has 0 bridgehead atoms. The van der Waals surface area contributed by atoms with Crippen LogP contribution in [0.25, 0.3) is 0 Å². The quantitative estimate of drug-likeness (QED) is 0.514. The molecule has 4 heteroatoms. The Bertz CT molecular complexity index is 105. The van der Waals surface area contributed by atoms with Crippen molar-refractivity contribution in [3.05, 3.63) is 0 Å². The van der Waals surface area contributed by atoms with Crippen molar-refractivity contribution in [3.63, 3.8) is 0 Å². The van der Waals surface area contributed by atoms with E-state index in [1.54, 1.807) is 0 Å². The Morgan fingerprint density at radius 2 is 1.67 bits per heavy atom. The van der Waals surface area contributed by atoms with Crippen molar-refractivity contribution in [2.45, 2.75) is 31.3 Å². The van der Waals surface area contributed by atoms with Gasteiger partial charge in [0.1, 0.15) is 0 Å². The van der Waals surface area contributed by atoms with Crippen molar-refractivity contribution in [2.24, 2.45) is 0 Å². The maximum absolute atomic E-state index is 5.68. The van der Waals surface area contributed by atoms with Crippen LogP contribution in [0.1, 0.15) is 20.3 Å². The number of hydrogen-bond acceptors (Lipinski definition) is 2. The van der Waals surface area contributed by atoms with E-state index in [1.165, 1.54) is 0 Å². The number of hydrogen-bond donors (Lipinski definition) is 0. The van der Waals surface area contributed by atoms with E-state index in [4.69, 9.17) is 19.1 Å². The molecule has 0 saturated carbocycles. The van der Waals surface area contributed by atoms with Gasteiger partial charge in [0.2, 0.25) is 0 Å². The molecular formula is C8H19ClGeO2. The van der Waals surface area contributed by atoms with E-state index in [0.717, 1.165) is 24.9 Å². The molecule has 0 atom stereocenters. The number of halogens is 1.